The van der Waals surface area contributed by atoms with Gasteiger partial charge in [-0.2, -0.15) is 0 Å². The van der Waals surface area contributed by atoms with Crippen molar-refractivity contribution in [1.29, 1.82) is 0 Å². The Labute approximate surface area is 193 Å². The summed E-state index contributed by atoms with van der Waals surface area (Å²) in [7, 11) is 1.75. The van der Waals surface area contributed by atoms with Gasteiger partial charge in [-0.15, -0.1) is 23.1 Å². The molecular weight excluding hydrogens is 452 g/mol. The Morgan fingerprint density at radius 2 is 2.06 bits per heavy atom. The number of amides is 2. The lowest BCUT2D eigenvalue weighted by molar-refractivity contribution is -0.140. The van der Waals surface area contributed by atoms with Crippen LogP contribution < -0.4 is 9.80 Å². The summed E-state index contributed by atoms with van der Waals surface area (Å²) in [5.41, 5.74) is 3.66. The molecule has 10 heteroatoms. The Morgan fingerprint density at radius 3 is 2.81 bits per heavy atom. The minimum atomic E-state index is -0.811. The van der Waals surface area contributed by atoms with E-state index >= 15 is 0 Å². The molecule has 1 atom stereocenters. The fraction of sp³-hybridized carbons (Fsp3) is 0.429. The number of aliphatic carboxylic acids is 1. The third kappa shape index (κ3) is 4.86. The first kappa shape index (κ1) is 22.0. The number of carbonyl (C=O) groups excluding carboxylic acids is 1. The molecule has 3 aromatic rings. The first-order valence-corrected chi connectivity index (χ1v) is 12.8. The Hall–Kier alpha value is -2.17. The van der Waals surface area contributed by atoms with Crippen molar-refractivity contribution < 1.29 is 14.7 Å². The van der Waals surface area contributed by atoms with Crippen molar-refractivity contribution in [2.45, 2.75) is 42.9 Å². The summed E-state index contributed by atoms with van der Waals surface area (Å²) in [5, 5.41) is 9.67. The van der Waals surface area contributed by atoms with E-state index in [-0.39, 0.29) is 12.1 Å². The maximum absolute atomic E-state index is 13.6. The molecule has 0 radical (unpaired) electrons. The predicted molar refractivity (Wildman–Crippen MR) is 128 cm³/mol. The molecule has 0 aliphatic heterocycles. The van der Waals surface area contributed by atoms with E-state index < -0.39 is 11.9 Å². The maximum atomic E-state index is 13.6. The first-order chi connectivity index (χ1) is 14.9. The Balaban J connectivity index is 1.54. The highest BCUT2D eigenvalue weighted by atomic mass is 32.2. The number of fused-ring (bicyclic) bond motifs is 1. The first-order valence-electron chi connectivity index (χ1n) is 10.2. The van der Waals surface area contributed by atoms with E-state index in [1.165, 1.54) is 23.1 Å². The highest BCUT2D eigenvalue weighted by Gasteiger charge is 2.31. The van der Waals surface area contributed by atoms with Crippen LogP contribution in [0.4, 0.5) is 15.6 Å². The van der Waals surface area contributed by atoms with E-state index in [0.29, 0.717) is 10.9 Å². The van der Waals surface area contributed by atoms with Crippen LogP contribution in [0.15, 0.2) is 34.1 Å². The van der Waals surface area contributed by atoms with Gasteiger partial charge in [-0.1, -0.05) is 31.1 Å². The second-order valence-corrected chi connectivity index (χ2v) is 10.9. The molecule has 1 aromatic carbocycles. The highest BCUT2D eigenvalue weighted by molar-refractivity contribution is 8.01. The van der Waals surface area contributed by atoms with Crippen LogP contribution in [0.5, 0.6) is 0 Å². The average molecular weight is 477 g/mol. The van der Waals surface area contributed by atoms with Crippen LogP contribution in [0.1, 0.15) is 32.6 Å². The number of thioether (sulfide) groups is 1. The third-order valence-electron chi connectivity index (χ3n) is 5.43. The van der Waals surface area contributed by atoms with Gasteiger partial charge in [-0.25, -0.2) is 14.8 Å². The standard InChI is InChI=1S/C21H24N4O3S3/c1-13(19(26)27)11-29-18-10-22-20(31-18)24(2)21(28)25(14-5-3-4-6-14)15-7-8-16-17(9-15)30-12-23-16/h7-10,12-14H,3-6,11H2,1-2H3,(H,26,27). The predicted octanol–water partition coefficient (Wildman–Crippen LogP) is 5.57. The van der Waals surface area contributed by atoms with Gasteiger partial charge in [0, 0.05) is 24.5 Å². The van der Waals surface area contributed by atoms with Crippen molar-refractivity contribution >= 4 is 67.5 Å². The summed E-state index contributed by atoms with van der Waals surface area (Å²) in [5.74, 6) is -0.776. The molecule has 1 saturated carbocycles. The fourth-order valence-corrected chi connectivity index (χ4v) is 6.29. The summed E-state index contributed by atoms with van der Waals surface area (Å²) < 4.78 is 1.97. The fourth-order valence-electron chi connectivity index (χ4n) is 3.63. The van der Waals surface area contributed by atoms with Crippen LogP contribution in [0, 0.1) is 5.92 Å². The van der Waals surface area contributed by atoms with E-state index in [1.54, 1.807) is 36.4 Å². The van der Waals surface area contributed by atoms with Gasteiger partial charge in [0.25, 0.3) is 0 Å². The lowest BCUT2D eigenvalue weighted by Crippen LogP contribution is -2.46. The van der Waals surface area contributed by atoms with Gasteiger partial charge < -0.3 is 5.11 Å². The zero-order valence-electron chi connectivity index (χ0n) is 17.4. The summed E-state index contributed by atoms with van der Waals surface area (Å²) >= 11 is 4.44. The Kier molecular flexibility index (Phi) is 6.78. The molecule has 2 heterocycles. The number of carbonyl (C=O) groups is 2. The molecule has 2 amide bonds. The maximum Gasteiger partial charge on any atom is 0.330 e. The number of anilines is 2. The minimum absolute atomic E-state index is 0.0967. The van der Waals surface area contributed by atoms with Gasteiger partial charge in [0.15, 0.2) is 5.13 Å². The quantitative estimate of drug-likeness (QED) is 0.449. The normalized spacial score (nSPS) is 15.3. The van der Waals surface area contributed by atoms with Crippen LogP contribution in [-0.2, 0) is 4.79 Å². The molecule has 1 unspecified atom stereocenters. The lowest BCUT2D eigenvalue weighted by atomic mass is 10.2. The van der Waals surface area contributed by atoms with Gasteiger partial charge in [-0.05, 0) is 31.0 Å². The van der Waals surface area contributed by atoms with Gasteiger partial charge in [0.05, 0.1) is 32.1 Å². The van der Waals surface area contributed by atoms with Crippen molar-refractivity contribution in [3.8, 4) is 0 Å². The summed E-state index contributed by atoms with van der Waals surface area (Å²) in [6, 6.07) is 6.07. The summed E-state index contributed by atoms with van der Waals surface area (Å²) in [6.45, 7) is 1.69. The smallest absolute Gasteiger partial charge is 0.330 e. The monoisotopic (exact) mass is 476 g/mol. The number of carboxylic acid groups (broad SMARTS) is 1. The number of hydrogen-bond acceptors (Lipinski definition) is 7. The van der Waals surface area contributed by atoms with Crippen molar-refractivity contribution in [3.05, 3.63) is 29.9 Å². The lowest BCUT2D eigenvalue weighted by Gasteiger charge is -2.32. The van der Waals surface area contributed by atoms with Crippen LogP contribution in [0.2, 0.25) is 0 Å². The second-order valence-electron chi connectivity index (χ2n) is 7.67. The average Bonchev–Trinajstić information content (AvgIpc) is 3.52. The van der Waals surface area contributed by atoms with Crippen molar-refractivity contribution in [2.75, 3.05) is 22.6 Å². The molecule has 1 aliphatic rings. The second kappa shape index (κ2) is 9.54. The molecule has 31 heavy (non-hydrogen) atoms. The molecule has 0 spiro atoms. The van der Waals surface area contributed by atoms with E-state index in [4.69, 9.17) is 5.11 Å². The number of thiazole rings is 2. The van der Waals surface area contributed by atoms with E-state index in [9.17, 15) is 9.59 Å². The van der Waals surface area contributed by atoms with Gasteiger partial charge in [-0.3, -0.25) is 14.6 Å². The van der Waals surface area contributed by atoms with Crippen molar-refractivity contribution in [1.82, 2.24) is 9.97 Å². The van der Waals surface area contributed by atoms with Crippen molar-refractivity contribution in [2.24, 2.45) is 5.92 Å². The number of hydrogen-bond donors (Lipinski definition) is 1. The number of carboxylic acids is 1. The van der Waals surface area contributed by atoms with Crippen LogP contribution in [0.3, 0.4) is 0 Å². The number of aromatic nitrogens is 2. The molecular formula is C21H24N4O3S3. The molecule has 0 saturated heterocycles. The molecule has 0 bridgehead atoms. The van der Waals surface area contributed by atoms with E-state index in [1.807, 2.05) is 28.6 Å². The van der Waals surface area contributed by atoms with Gasteiger partial charge in [0.2, 0.25) is 0 Å². The third-order valence-corrected chi connectivity index (χ3v) is 8.75. The Morgan fingerprint density at radius 1 is 1.29 bits per heavy atom. The van der Waals surface area contributed by atoms with Gasteiger partial charge >= 0.3 is 12.0 Å². The highest BCUT2D eigenvalue weighted by Crippen LogP contribution is 2.35. The Bertz CT molecular complexity index is 1080. The molecule has 4 rings (SSSR count). The molecule has 2 aromatic heterocycles. The van der Waals surface area contributed by atoms with Crippen LogP contribution >= 0.6 is 34.4 Å². The zero-order valence-corrected chi connectivity index (χ0v) is 19.8. The molecule has 1 fully saturated rings. The largest absolute Gasteiger partial charge is 0.481 e. The zero-order chi connectivity index (χ0) is 22.0. The van der Waals surface area contributed by atoms with E-state index in [2.05, 4.69) is 9.97 Å². The number of nitrogens with zero attached hydrogens (tertiary/aromatic N) is 4. The summed E-state index contributed by atoms with van der Waals surface area (Å²) in [6.07, 6.45) is 5.95. The summed E-state index contributed by atoms with van der Waals surface area (Å²) in [4.78, 5) is 36.9. The topological polar surface area (TPSA) is 86.6 Å². The number of benzene rings is 1. The van der Waals surface area contributed by atoms with Crippen LogP contribution in [-0.4, -0.2) is 45.9 Å². The number of urea groups is 1. The van der Waals surface area contributed by atoms with Gasteiger partial charge in [0.1, 0.15) is 0 Å². The molecule has 164 valence electrons. The number of rotatable bonds is 7. The van der Waals surface area contributed by atoms with Crippen molar-refractivity contribution in [3.63, 3.8) is 0 Å². The van der Waals surface area contributed by atoms with Crippen LogP contribution in [0.25, 0.3) is 10.2 Å². The van der Waals surface area contributed by atoms with E-state index in [0.717, 1.165) is 45.8 Å². The molecule has 7 nitrogen and oxygen atoms in total. The minimum Gasteiger partial charge on any atom is -0.481 e. The molecule has 1 aliphatic carbocycles. The molecule has 1 N–H and O–H groups in total. The SMILES string of the molecule is CC(CSc1cnc(N(C)C(=O)N(c2ccc3ncsc3c2)C2CCCC2)s1)C(=O)O.